The van der Waals surface area contributed by atoms with Gasteiger partial charge in [-0.2, -0.15) is 0 Å². The van der Waals surface area contributed by atoms with E-state index < -0.39 is 0 Å². The second kappa shape index (κ2) is 6.76. The van der Waals surface area contributed by atoms with Crippen LogP contribution in [0, 0.1) is 0 Å². The molecule has 1 aromatic heterocycles. The second-order valence-electron chi connectivity index (χ2n) is 7.56. The quantitative estimate of drug-likeness (QED) is 0.274. The summed E-state index contributed by atoms with van der Waals surface area (Å²) in [5.74, 6) is 0. The fourth-order valence-corrected chi connectivity index (χ4v) is 4.69. The zero-order chi connectivity index (χ0) is 20.1. The minimum absolute atomic E-state index is 0.747. The van der Waals surface area contributed by atoms with Crippen molar-refractivity contribution in [1.29, 1.82) is 0 Å². The molecule has 0 amide bonds. The van der Waals surface area contributed by atoms with E-state index in [0.717, 1.165) is 10.7 Å². The summed E-state index contributed by atoms with van der Waals surface area (Å²) in [5.41, 5.74) is 6.01. The van der Waals surface area contributed by atoms with E-state index in [1.165, 1.54) is 43.7 Å². The fraction of sp³-hybridized carbons (Fsp3) is 0. The van der Waals surface area contributed by atoms with Gasteiger partial charge in [0.25, 0.3) is 0 Å². The van der Waals surface area contributed by atoms with Crippen molar-refractivity contribution in [2.75, 3.05) is 0 Å². The Labute approximate surface area is 179 Å². The predicted molar refractivity (Wildman–Crippen MR) is 129 cm³/mol. The normalized spacial score (nSPS) is 11.5. The summed E-state index contributed by atoms with van der Waals surface area (Å²) in [4.78, 5) is 0. The number of para-hydroxylation sites is 1. The van der Waals surface area contributed by atoms with Crippen LogP contribution in [0.3, 0.4) is 0 Å². The van der Waals surface area contributed by atoms with Gasteiger partial charge >= 0.3 is 0 Å². The highest BCUT2D eigenvalue weighted by Crippen LogP contribution is 2.40. The van der Waals surface area contributed by atoms with Crippen LogP contribution in [-0.2, 0) is 0 Å². The molecule has 0 spiro atoms. The van der Waals surface area contributed by atoms with E-state index >= 15 is 0 Å². The highest BCUT2D eigenvalue weighted by Gasteiger charge is 2.16. The van der Waals surface area contributed by atoms with Crippen molar-refractivity contribution >= 4 is 44.2 Å². The Bertz CT molecular complexity index is 1530. The van der Waals surface area contributed by atoms with Gasteiger partial charge in [0.05, 0.1) is 11.0 Å². The molecule has 6 rings (SSSR count). The van der Waals surface area contributed by atoms with Gasteiger partial charge < -0.3 is 4.57 Å². The molecule has 0 bridgehead atoms. The smallest absolute Gasteiger partial charge is 0.0547 e. The maximum Gasteiger partial charge on any atom is 0.0547 e. The summed E-state index contributed by atoms with van der Waals surface area (Å²) in [6.45, 7) is 0. The third-order valence-electron chi connectivity index (χ3n) is 5.85. The molecule has 0 aliphatic heterocycles. The Morgan fingerprint density at radius 1 is 0.533 bits per heavy atom. The number of aromatic nitrogens is 1. The third kappa shape index (κ3) is 2.56. The highest BCUT2D eigenvalue weighted by atomic mass is 35.5. The standard InChI is InChI=1S/C28H18ClN/c29-21-14-16-22(17-15-21)30-25-12-5-4-10-24(25)28-26(30)18-13-20-9-6-11-23(27(20)28)19-7-2-1-3-8-19/h1-18H. The molecule has 5 aromatic carbocycles. The van der Waals surface area contributed by atoms with Gasteiger partial charge in [-0.15, -0.1) is 0 Å². The molecular weight excluding hydrogens is 386 g/mol. The number of benzene rings is 5. The lowest BCUT2D eigenvalue weighted by Gasteiger charge is -2.11. The van der Waals surface area contributed by atoms with Crippen LogP contribution < -0.4 is 0 Å². The summed E-state index contributed by atoms with van der Waals surface area (Å²) >= 11 is 6.17. The summed E-state index contributed by atoms with van der Waals surface area (Å²) in [5, 5.41) is 5.85. The topological polar surface area (TPSA) is 4.93 Å². The van der Waals surface area contributed by atoms with Crippen molar-refractivity contribution in [3.05, 3.63) is 114 Å². The maximum absolute atomic E-state index is 6.17. The molecule has 2 heteroatoms. The lowest BCUT2D eigenvalue weighted by atomic mass is 9.94. The molecule has 1 nitrogen and oxygen atoms in total. The zero-order valence-corrected chi connectivity index (χ0v) is 17.0. The molecule has 0 saturated heterocycles. The second-order valence-corrected chi connectivity index (χ2v) is 7.99. The molecule has 1 heterocycles. The van der Waals surface area contributed by atoms with Gasteiger partial charge in [-0.25, -0.2) is 0 Å². The molecule has 0 fully saturated rings. The monoisotopic (exact) mass is 403 g/mol. The van der Waals surface area contributed by atoms with Crippen LogP contribution in [0.2, 0.25) is 5.02 Å². The van der Waals surface area contributed by atoms with E-state index in [9.17, 15) is 0 Å². The van der Waals surface area contributed by atoms with Gasteiger partial charge in [0.15, 0.2) is 0 Å². The minimum atomic E-state index is 0.747. The summed E-state index contributed by atoms with van der Waals surface area (Å²) in [6, 6.07) is 38.4. The first-order valence-corrected chi connectivity index (χ1v) is 10.5. The molecule has 142 valence electrons. The summed E-state index contributed by atoms with van der Waals surface area (Å²) in [6.07, 6.45) is 0. The first-order valence-electron chi connectivity index (χ1n) is 10.1. The van der Waals surface area contributed by atoms with Crippen LogP contribution in [0.15, 0.2) is 109 Å². The number of fused-ring (bicyclic) bond motifs is 5. The Hall–Kier alpha value is -3.55. The van der Waals surface area contributed by atoms with E-state index in [1.54, 1.807) is 0 Å². The fourth-order valence-electron chi connectivity index (χ4n) is 4.56. The average Bonchev–Trinajstić information content (AvgIpc) is 3.14. The molecule has 0 N–H and O–H groups in total. The lowest BCUT2D eigenvalue weighted by Crippen LogP contribution is -1.93. The van der Waals surface area contributed by atoms with Gasteiger partial charge in [-0.3, -0.25) is 0 Å². The Morgan fingerprint density at radius 2 is 1.30 bits per heavy atom. The molecule has 6 aromatic rings. The van der Waals surface area contributed by atoms with Crippen LogP contribution in [0.1, 0.15) is 0 Å². The Morgan fingerprint density at radius 3 is 2.13 bits per heavy atom. The molecule has 30 heavy (non-hydrogen) atoms. The van der Waals surface area contributed by atoms with Crippen molar-refractivity contribution in [3.63, 3.8) is 0 Å². The van der Waals surface area contributed by atoms with Crippen molar-refractivity contribution in [3.8, 4) is 16.8 Å². The van der Waals surface area contributed by atoms with Gasteiger partial charge in [-0.1, -0.05) is 84.4 Å². The van der Waals surface area contributed by atoms with Crippen LogP contribution in [0.25, 0.3) is 49.4 Å². The number of hydrogen-bond donors (Lipinski definition) is 0. The maximum atomic E-state index is 6.17. The highest BCUT2D eigenvalue weighted by molar-refractivity contribution is 6.30. The Kier molecular flexibility index (Phi) is 3.90. The Balaban J connectivity index is 1.82. The zero-order valence-electron chi connectivity index (χ0n) is 16.2. The molecule has 0 aliphatic carbocycles. The third-order valence-corrected chi connectivity index (χ3v) is 6.10. The summed E-state index contributed by atoms with van der Waals surface area (Å²) in [7, 11) is 0. The van der Waals surface area contributed by atoms with Crippen molar-refractivity contribution in [1.82, 2.24) is 4.57 Å². The van der Waals surface area contributed by atoms with Gasteiger partial charge in [-0.05, 0) is 58.3 Å². The first-order chi connectivity index (χ1) is 14.8. The largest absolute Gasteiger partial charge is 0.309 e. The molecule has 0 atom stereocenters. The lowest BCUT2D eigenvalue weighted by molar-refractivity contribution is 1.18. The molecule has 0 radical (unpaired) electrons. The van der Waals surface area contributed by atoms with Crippen molar-refractivity contribution < 1.29 is 0 Å². The minimum Gasteiger partial charge on any atom is -0.309 e. The number of halogens is 1. The van der Waals surface area contributed by atoms with E-state index in [-0.39, 0.29) is 0 Å². The number of rotatable bonds is 2. The van der Waals surface area contributed by atoms with Crippen LogP contribution in [0.4, 0.5) is 0 Å². The van der Waals surface area contributed by atoms with E-state index in [0.29, 0.717) is 0 Å². The molecule has 0 saturated carbocycles. The van der Waals surface area contributed by atoms with Gasteiger partial charge in [0.2, 0.25) is 0 Å². The number of nitrogens with zero attached hydrogens (tertiary/aromatic N) is 1. The predicted octanol–water partition coefficient (Wildman–Crippen LogP) is 8.26. The van der Waals surface area contributed by atoms with E-state index in [1.807, 2.05) is 12.1 Å². The molecular formula is C28H18ClN. The van der Waals surface area contributed by atoms with Crippen molar-refractivity contribution in [2.45, 2.75) is 0 Å². The number of hydrogen-bond acceptors (Lipinski definition) is 0. The average molecular weight is 404 g/mol. The van der Waals surface area contributed by atoms with Gasteiger partial charge in [0, 0.05) is 21.5 Å². The van der Waals surface area contributed by atoms with Crippen LogP contribution >= 0.6 is 11.6 Å². The SMILES string of the molecule is Clc1ccc(-n2c3ccccc3c3c4c(-c5ccccc5)cccc4ccc32)cc1. The van der Waals surface area contributed by atoms with Crippen LogP contribution in [0.5, 0.6) is 0 Å². The van der Waals surface area contributed by atoms with E-state index in [4.69, 9.17) is 11.6 Å². The molecule has 0 unspecified atom stereocenters. The summed E-state index contributed by atoms with van der Waals surface area (Å²) < 4.78 is 2.34. The van der Waals surface area contributed by atoms with Crippen molar-refractivity contribution in [2.24, 2.45) is 0 Å². The van der Waals surface area contributed by atoms with Gasteiger partial charge in [0.1, 0.15) is 0 Å². The molecule has 0 aliphatic rings. The first kappa shape index (κ1) is 17.3. The van der Waals surface area contributed by atoms with E-state index in [2.05, 4.69) is 102 Å². The van der Waals surface area contributed by atoms with Crippen LogP contribution in [-0.4, -0.2) is 4.57 Å².